The van der Waals surface area contributed by atoms with Gasteiger partial charge in [0.15, 0.2) is 5.75 Å². The highest BCUT2D eigenvalue weighted by Gasteiger charge is 2.19. The van der Waals surface area contributed by atoms with E-state index in [0.29, 0.717) is 12.2 Å². The fraction of sp³-hybridized carbons (Fsp3) is 0.333. The number of esters is 1. The number of allylic oxidation sites excluding steroid dienone is 1. The first-order chi connectivity index (χ1) is 14.0. The van der Waals surface area contributed by atoms with Crippen molar-refractivity contribution in [1.82, 2.24) is 0 Å². The maximum Gasteiger partial charge on any atom is 0.339 e. The number of para-hydroxylation sites is 1. The zero-order chi connectivity index (χ0) is 21.2. The van der Waals surface area contributed by atoms with E-state index < -0.39 is 11.9 Å². The molecule has 2 aromatic rings. The lowest BCUT2D eigenvalue weighted by Crippen LogP contribution is -2.10. The van der Waals surface area contributed by atoms with Crippen LogP contribution >= 0.6 is 0 Å². The largest absolute Gasteiger partial charge is 0.494 e. The molecule has 5 nitrogen and oxygen atoms in total. The highest BCUT2D eigenvalue weighted by atomic mass is 16.5. The third-order valence-electron chi connectivity index (χ3n) is 4.39. The van der Waals surface area contributed by atoms with Crippen molar-refractivity contribution in [2.45, 2.75) is 46.5 Å². The van der Waals surface area contributed by atoms with Gasteiger partial charge in [-0.2, -0.15) is 0 Å². The highest BCUT2D eigenvalue weighted by molar-refractivity contribution is 5.97. The van der Waals surface area contributed by atoms with Gasteiger partial charge in [-0.25, -0.2) is 9.59 Å². The predicted molar refractivity (Wildman–Crippen MR) is 114 cm³/mol. The van der Waals surface area contributed by atoms with Crippen LogP contribution in [0.5, 0.6) is 11.5 Å². The second kappa shape index (κ2) is 11.1. The van der Waals surface area contributed by atoms with E-state index in [1.54, 1.807) is 12.1 Å². The Bertz CT molecular complexity index is 865. The average molecular weight is 396 g/mol. The van der Waals surface area contributed by atoms with Crippen molar-refractivity contribution >= 4 is 11.9 Å². The number of aromatic carboxylic acids is 1. The van der Waals surface area contributed by atoms with Crippen LogP contribution < -0.4 is 9.47 Å². The third-order valence-corrected chi connectivity index (χ3v) is 4.39. The van der Waals surface area contributed by atoms with Gasteiger partial charge in [-0.05, 0) is 43.5 Å². The summed E-state index contributed by atoms with van der Waals surface area (Å²) in [7, 11) is 0. The molecular formula is C24H28O5. The van der Waals surface area contributed by atoms with Crippen LogP contribution in [0.25, 0.3) is 11.1 Å². The van der Waals surface area contributed by atoms with Crippen molar-refractivity contribution in [2.24, 2.45) is 0 Å². The van der Waals surface area contributed by atoms with Crippen LogP contribution in [0.1, 0.15) is 56.8 Å². The topological polar surface area (TPSA) is 72.8 Å². The summed E-state index contributed by atoms with van der Waals surface area (Å²) in [4.78, 5) is 24.0. The summed E-state index contributed by atoms with van der Waals surface area (Å²) in [5.41, 5.74) is 2.12. The minimum Gasteiger partial charge on any atom is -0.494 e. The summed E-state index contributed by atoms with van der Waals surface area (Å²) in [6.45, 7) is 6.63. The first-order valence-electron chi connectivity index (χ1n) is 9.94. The zero-order valence-corrected chi connectivity index (χ0v) is 17.2. The number of unbranched alkanes of at least 4 members (excludes halogenated alkanes) is 1. The molecule has 0 atom stereocenters. The van der Waals surface area contributed by atoms with Crippen LogP contribution in [-0.4, -0.2) is 23.7 Å². The van der Waals surface area contributed by atoms with E-state index in [1.807, 2.05) is 38.1 Å². The van der Waals surface area contributed by atoms with Gasteiger partial charge < -0.3 is 14.6 Å². The fourth-order valence-electron chi connectivity index (χ4n) is 2.91. The fourth-order valence-corrected chi connectivity index (χ4v) is 2.91. The van der Waals surface area contributed by atoms with Gasteiger partial charge in [0.05, 0.1) is 6.61 Å². The van der Waals surface area contributed by atoms with E-state index in [1.165, 1.54) is 12.1 Å². The molecule has 29 heavy (non-hydrogen) atoms. The summed E-state index contributed by atoms with van der Waals surface area (Å²) >= 11 is 0. The van der Waals surface area contributed by atoms with Crippen LogP contribution in [0.15, 0.2) is 54.1 Å². The first-order valence-corrected chi connectivity index (χ1v) is 9.94. The highest BCUT2D eigenvalue weighted by Crippen LogP contribution is 2.34. The summed E-state index contributed by atoms with van der Waals surface area (Å²) < 4.78 is 11.2. The normalized spacial score (nSPS) is 11.2. The predicted octanol–water partition coefficient (Wildman–Crippen LogP) is 5.88. The Kier molecular flexibility index (Phi) is 8.46. The molecule has 1 N–H and O–H groups in total. The van der Waals surface area contributed by atoms with Crippen molar-refractivity contribution in [2.75, 3.05) is 6.61 Å². The van der Waals surface area contributed by atoms with Crippen molar-refractivity contribution < 1.29 is 24.2 Å². The SMILES string of the molecule is CCCCOc1ccc(-c2cccc(C(=O)O)c2OC(=O)C=C(C)CCC)cc1. The molecular weight excluding hydrogens is 368 g/mol. The maximum atomic E-state index is 12.3. The minimum atomic E-state index is -1.15. The van der Waals surface area contributed by atoms with Crippen molar-refractivity contribution in [1.29, 1.82) is 0 Å². The Balaban J connectivity index is 2.34. The van der Waals surface area contributed by atoms with Crippen LogP contribution in [0.4, 0.5) is 0 Å². The second-order valence-corrected chi connectivity index (χ2v) is 6.88. The van der Waals surface area contributed by atoms with Crippen LogP contribution in [0.2, 0.25) is 0 Å². The quantitative estimate of drug-likeness (QED) is 0.235. The Labute approximate surface area is 172 Å². The van der Waals surface area contributed by atoms with Crippen LogP contribution in [0.3, 0.4) is 0 Å². The number of rotatable bonds is 10. The van der Waals surface area contributed by atoms with Gasteiger partial charge in [0, 0.05) is 11.6 Å². The van der Waals surface area contributed by atoms with Gasteiger partial charge >= 0.3 is 11.9 Å². The molecule has 0 aliphatic rings. The van der Waals surface area contributed by atoms with E-state index in [9.17, 15) is 14.7 Å². The zero-order valence-electron chi connectivity index (χ0n) is 17.2. The van der Waals surface area contributed by atoms with Crippen molar-refractivity contribution in [3.63, 3.8) is 0 Å². The molecule has 2 rings (SSSR count). The van der Waals surface area contributed by atoms with E-state index >= 15 is 0 Å². The monoisotopic (exact) mass is 396 g/mol. The lowest BCUT2D eigenvalue weighted by atomic mass is 10.0. The molecule has 0 aliphatic carbocycles. The molecule has 5 heteroatoms. The van der Waals surface area contributed by atoms with Crippen LogP contribution in [-0.2, 0) is 4.79 Å². The summed E-state index contributed by atoms with van der Waals surface area (Å²) in [6.07, 6.45) is 5.15. The van der Waals surface area contributed by atoms with E-state index in [0.717, 1.165) is 42.6 Å². The van der Waals surface area contributed by atoms with Crippen molar-refractivity contribution in [3.8, 4) is 22.6 Å². The molecule has 0 aromatic heterocycles. The number of hydrogen-bond donors (Lipinski definition) is 1. The maximum absolute atomic E-state index is 12.3. The van der Waals surface area contributed by atoms with Gasteiger partial charge in [-0.3, -0.25) is 0 Å². The molecule has 0 fully saturated rings. The molecule has 2 aromatic carbocycles. The smallest absolute Gasteiger partial charge is 0.339 e. The molecule has 0 amide bonds. The van der Waals surface area contributed by atoms with E-state index in [2.05, 4.69) is 6.92 Å². The number of ether oxygens (including phenoxy) is 2. The number of carbonyl (C=O) groups is 2. The van der Waals surface area contributed by atoms with E-state index in [4.69, 9.17) is 9.47 Å². The minimum absolute atomic E-state index is 0.0465. The molecule has 0 saturated heterocycles. The molecule has 0 unspecified atom stereocenters. The number of benzene rings is 2. The Hall–Kier alpha value is -3.08. The first kappa shape index (κ1) is 22.2. The average Bonchev–Trinajstić information content (AvgIpc) is 2.69. The van der Waals surface area contributed by atoms with Gasteiger partial charge in [0.2, 0.25) is 0 Å². The molecule has 0 radical (unpaired) electrons. The van der Waals surface area contributed by atoms with Gasteiger partial charge in [-0.1, -0.05) is 56.5 Å². The second-order valence-electron chi connectivity index (χ2n) is 6.88. The van der Waals surface area contributed by atoms with Crippen molar-refractivity contribution in [3.05, 3.63) is 59.7 Å². The summed E-state index contributed by atoms with van der Waals surface area (Å²) in [5.74, 6) is -0.938. The van der Waals surface area contributed by atoms with Gasteiger partial charge in [0.1, 0.15) is 11.3 Å². The lowest BCUT2D eigenvalue weighted by Gasteiger charge is -2.13. The lowest BCUT2D eigenvalue weighted by molar-refractivity contribution is -0.129. The number of carboxylic acid groups (broad SMARTS) is 1. The molecule has 0 bridgehead atoms. The number of hydrogen-bond acceptors (Lipinski definition) is 4. The Morgan fingerprint density at radius 1 is 1.03 bits per heavy atom. The summed E-state index contributed by atoms with van der Waals surface area (Å²) in [5, 5.41) is 9.55. The molecule has 154 valence electrons. The molecule has 0 aliphatic heterocycles. The Morgan fingerprint density at radius 2 is 1.76 bits per heavy atom. The molecule has 0 saturated carbocycles. The standard InChI is InChI=1S/C24H28O5/c1-4-6-15-28-19-13-11-18(12-14-19)20-9-7-10-21(24(26)27)23(20)29-22(25)16-17(3)8-5-2/h7,9-14,16H,4-6,8,15H2,1-3H3,(H,26,27). The molecule has 0 spiro atoms. The number of carbonyl (C=O) groups excluding carboxylic acids is 1. The van der Waals surface area contributed by atoms with E-state index in [-0.39, 0.29) is 11.3 Å². The van der Waals surface area contributed by atoms with Gasteiger partial charge in [0.25, 0.3) is 0 Å². The van der Waals surface area contributed by atoms with Crippen LogP contribution in [0, 0.1) is 0 Å². The Morgan fingerprint density at radius 3 is 2.38 bits per heavy atom. The third kappa shape index (κ3) is 6.49. The van der Waals surface area contributed by atoms with Gasteiger partial charge in [-0.15, -0.1) is 0 Å². The molecule has 0 heterocycles. The summed E-state index contributed by atoms with van der Waals surface area (Å²) in [6, 6.07) is 12.1. The number of carboxylic acids is 1.